The lowest BCUT2D eigenvalue weighted by atomic mass is 9.82. The number of hydrogen-bond donors (Lipinski definition) is 2. The third-order valence-electron chi connectivity index (χ3n) is 3.95. The second kappa shape index (κ2) is 6.53. The van der Waals surface area contributed by atoms with Crippen LogP contribution in [0.1, 0.15) is 33.6 Å². The molecule has 2 rings (SSSR count). The van der Waals surface area contributed by atoms with Crippen LogP contribution < -0.4 is 10.6 Å². The van der Waals surface area contributed by atoms with Gasteiger partial charge >= 0.3 is 0 Å². The Morgan fingerprint density at radius 1 is 1.30 bits per heavy atom. The number of thioether (sulfide) groups is 1. The Hall–Kier alpha value is -1.16. The maximum Gasteiger partial charge on any atom is 0.224 e. The molecule has 0 aromatic heterocycles. The molecule has 2 N–H and O–H groups in total. The molecule has 20 heavy (non-hydrogen) atoms. The summed E-state index contributed by atoms with van der Waals surface area (Å²) in [5.41, 5.74) is 2.32. The lowest BCUT2D eigenvalue weighted by Crippen LogP contribution is -2.41. The van der Waals surface area contributed by atoms with Crippen molar-refractivity contribution >= 4 is 29.0 Å². The summed E-state index contributed by atoms with van der Waals surface area (Å²) in [4.78, 5) is 11.3. The smallest absolute Gasteiger partial charge is 0.224 e. The second-order valence-electron chi connectivity index (χ2n) is 5.99. The van der Waals surface area contributed by atoms with Gasteiger partial charge in [0.1, 0.15) is 0 Å². The van der Waals surface area contributed by atoms with Gasteiger partial charge in [0.15, 0.2) is 0 Å². The Labute approximate surface area is 125 Å². The van der Waals surface area contributed by atoms with E-state index in [0.29, 0.717) is 17.9 Å². The minimum atomic E-state index is 0.0514. The zero-order valence-corrected chi connectivity index (χ0v) is 13.3. The zero-order chi connectivity index (χ0) is 14.6. The Balaban J connectivity index is 1.98. The molecule has 1 unspecified atom stereocenters. The van der Waals surface area contributed by atoms with Gasteiger partial charge < -0.3 is 10.6 Å². The summed E-state index contributed by atoms with van der Waals surface area (Å²) in [6.07, 6.45) is 1.76. The van der Waals surface area contributed by atoms with Crippen molar-refractivity contribution in [2.75, 3.05) is 22.1 Å². The van der Waals surface area contributed by atoms with Gasteiger partial charge in [-0.1, -0.05) is 20.8 Å². The van der Waals surface area contributed by atoms with Crippen LogP contribution >= 0.6 is 11.8 Å². The molecule has 3 nitrogen and oxygen atoms in total. The summed E-state index contributed by atoms with van der Waals surface area (Å²) in [5.74, 6) is 2.46. The van der Waals surface area contributed by atoms with Crippen LogP contribution in [0.15, 0.2) is 24.3 Å². The van der Waals surface area contributed by atoms with E-state index in [1.165, 1.54) is 12.2 Å². The minimum absolute atomic E-state index is 0.0514. The number of carbonyl (C=O) groups excluding carboxylic acids is 1. The minimum Gasteiger partial charge on any atom is -0.381 e. The van der Waals surface area contributed by atoms with Crippen molar-refractivity contribution in [2.45, 2.75) is 39.7 Å². The first-order chi connectivity index (χ1) is 9.51. The molecule has 0 radical (unpaired) electrons. The first-order valence-corrected chi connectivity index (χ1v) is 8.41. The average Bonchev–Trinajstić information content (AvgIpc) is 2.43. The van der Waals surface area contributed by atoms with E-state index in [1.54, 1.807) is 0 Å². The fourth-order valence-electron chi connectivity index (χ4n) is 2.27. The molecule has 0 spiro atoms. The summed E-state index contributed by atoms with van der Waals surface area (Å²) >= 11 is 2.02. The molecule has 1 aromatic carbocycles. The van der Waals surface area contributed by atoms with Crippen LogP contribution in [0.4, 0.5) is 11.4 Å². The van der Waals surface area contributed by atoms with Gasteiger partial charge in [-0.15, -0.1) is 0 Å². The highest BCUT2D eigenvalue weighted by Crippen LogP contribution is 2.36. The molecule has 1 saturated heterocycles. The van der Waals surface area contributed by atoms with Crippen LogP contribution in [-0.2, 0) is 4.79 Å². The van der Waals surface area contributed by atoms with E-state index >= 15 is 0 Å². The largest absolute Gasteiger partial charge is 0.381 e. The van der Waals surface area contributed by atoms with E-state index in [1.807, 2.05) is 43.0 Å². The van der Waals surface area contributed by atoms with E-state index in [-0.39, 0.29) is 5.91 Å². The molecule has 4 heteroatoms. The number of rotatable bonds is 4. The highest BCUT2D eigenvalue weighted by molar-refractivity contribution is 7.99. The van der Waals surface area contributed by atoms with Crippen molar-refractivity contribution in [1.29, 1.82) is 0 Å². The van der Waals surface area contributed by atoms with Crippen molar-refractivity contribution in [1.82, 2.24) is 0 Å². The van der Waals surface area contributed by atoms with Gasteiger partial charge in [-0.25, -0.2) is 0 Å². The Morgan fingerprint density at radius 3 is 2.55 bits per heavy atom. The maximum atomic E-state index is 11.3. The van der Waals surface area contributed by atoms with Crippen LogP contribution in [0, 0.1) is 5.41 Å². The van der Waals surface area contributed by atoms with Crippen molar-refractivity contribution < 1.29 is 4.79 Å². The topological polar surface area (TPSA) is 41.1 Å². The van der Waals surface area contributed by atoms with Crippen molar-refractivity contribution in [2.24, 2.45) is 5.41 Å². The summed E-state index contributed by atoms with van der Waals surface area (Å²) < 4.78 is 0. The lowest BCUT2D eigenvalue weighted by Gasteiger charge is -2.39. The number of nitrogens with one attached hydrogen (secondary N) is 2. The predicted octanol–water partition coefficient (Wildman–Crippen LogP) is 3.98. The maximum absolute atomic E-state index is 11.3. The Bertz CT molecular complexity index is 456. The molecule has 110 valence electrons. The predicted molar refractivity (Wildman–Crippen MR) is 88.5 cm³/mol. The second-order valence-corrected chi connectivity index (χ2v) is 7.14. The van der Waals surface area contributed by atoms with Crippen LogP contribution in [0.2, 0.25) is 0 Å². The number of amides is 1. The van der Waals surface area contributed by atoms with Crippen LogP contribution in [0.5, 0.6) is 0 Å². The quantitative estimate of drug-likeness (QED) is 0.882. The van der Waals surface area contributed by atoms with Gasteiger partial charge in [0.2, 0.25) is 5.91 Å². The van der Waals surface area contributed by atoms with Crippen LogP contribution in [-0.4, -0.2) is 23.5 Å². The monoisotopic (exact) mass is 292 g/mol. The van der Waals surface area contributed by atoms with E-state index in [2.05, 4.69) is 24.5 Å². The normalized spacial score (nSPS) is 21.2. The van der Waals surface area contributed by atoms with Gasteiger partial charge in [0.05, 0.1) is 0 Å². The molecule has 1 amide bonds. The van der Waals surface area contributed by atoms with E-state index in [4.69, 9.17) is 0 Å². The molecule has 0 bridgehead atoms. The van der Waals surface area contributed by atoms with Crippen LogP contribution in [0.25, 0.3) is 0 Å². The molecular formula is C16H24N2OS. The summed E-state index contributed by atoms with van der Waals surface area (Å²) in [6, 6.07) is 8.50. The Morgan fingerprint density at radius 2 is 1.95 bits per heavy atom. The fraction of sp³-hybridized carbons (Fsp3) is 0.562. The molecule has 1 atom stereocenters. The number of benzene rings is 1. The number of anilines is 2. The molecule has 1 heterocycles. The molecule has 1 aromatic rings. The fourth-order valence-corrected chi connectivity index (χ4v) is 3.88. The molecule has 0 aliphatic carbocycles. The van der Waals surface area contributed by atoms with Crippen molar-refractivity contribution in [3.8, 4) is 0 Å². The highest BCUT2D eigenvalue weighted by atomic mass is 32.2. The zero-order valence-electron chi connectivity index (χ0n) is 12.5. The van der Waals surface area contributed by atoms with Crippen molar-refractivity contribution in [3.63, 3.8) is 0 Å². The third kappa shape index (κ3) is 3.92. The SMILES string of the molecule is CCC(=O)Nc1ccc(NC2CSCCC2(C)C)cc1. The summed E-state index contributed by atoms with van der Waals surface area (Å²) in [6.45, 7) is 6.52. The molecule has 1 aliphatic heterocycles. The lowest BCUT2D eigenvalue weighted by molar-refractivity contribution is -0.115. The standard InChI is InChI=1S/C16H24N2OS/c1-4-15(19)18-13-7-5-12(6-8-13)17-14-11-20-10-9-16(14,2)3/h5-8,14,17H,4,9-11H2,1-3H3,(H,18,19). The molecule has 1 aliphatic rings. The van der Waals surface area contributed by atoms with E-state index < -0.39 is 0 Å². The highest BCUT2D eigenvalue weighted by Gasteiger charge is 2.32. The summed E-state index contributed by atoms with van der Waals surface area (Å²) in [5, 5.41) is 6.50. The van der Waals surface area contributed by atoms with Gasteiger partial charge in [0.25, 0.3) is 0 Å². The van der Waals surface area contributed by atoms with Crippen molar-refractivity contribution in [3.05, 3.63) is 24.3 Å². The van der Waals surface area contributed by atoms with E-state index in [9.17, 15) is 4.79 Å². The first kappa shape index (κ1) is 15.2. The summed E-state index contributed by atoms with van der Waals surface area (Å²) in [7, 11) is 0. The molecular weight excluding hydrogens is 268 g/mol. The van der Waals surface area contributed by atoms with Gasteiger partial charge in [-0.05, 0) is 41.9 Å². The number of hydrogen-bond acceptors (Lipinski definition) is 3. The number of carbonyl (C=O) groups is 1. The molecule has 1 fully saturated rings. The van der Waals surface area contributed by atoms with E-state index in [0.717, 1.165) is 17.1 Å². The molecule has 0 saturated carbocycles. The van der Waals surface area contributed by atoms with Gasteiger partial charge in [0, 0.05) is 29.6 Å². The van der Waals surface area contributed by atoms with Crippen LogP contribution in [0.3, 0.4) is 0 Å². The third-order valence-corrected chi connectivity index (χ3v) is 5.01. The average molecular weight is 292 g/mol. The first-order valence-electron chi connectivity index (χ1n) is 7.25. The van der Waals surface area contributed by atoms with Gasteiger partial charge in [-0.2, -0.15) is 11.8 Å². The van der Waals surface area contributed by atoms with Gasteiger partial charge in [-0.3, -0.25) is 4.79 Å². The Kier molecular flexibility index (Phi) is 4.97.